The third-order valence-corrected chi connectivity index (χ3v) is 6.85. The molecule has 0 saturated heterocycles. The van der Waals surface area contributed by atoms with E-state index in [-0.39, 0.29) is 5.41 Å². The fourth-order valence-electron chi connectivity index (χ4n) is 5.97. The number of benzene rings is 1. The zero-order valence-electron chi connectivity index (χ0n) is 13.4. The SMILES string of the molecule is C[C@H]1C[C@]2(C)C(=O)CCC2C2CCc3cc(C#N)ccc3C21. The molecule has 1 aromatic rings. The predicted octanol–water partition coefficient (Wildman–Crippen LogP) is 4.23. The average Bonchev–Trinajstić information content (AvgIpc) is 2.81. The highest BCUT2D eigenvalue weighted by atomic mass is 16.1. The second kappa shape index (κ2) is 4.69. The first-order chi connectivity index (χ1) is 10.5. The van der Waals surface area contributed by atoms with E-state index >= 15 is 0 Å². The van der Waals surface area contributed by atoms with Crippen LogP contribution < -0.4 is 0 Å². The summed E-state index contributed by atoms with van der Waals surface area (Å²) < 4.78 is 0. The van der Waals surface area contributed by atoms with Gasteiger partial charge in [-0.25, -0.2) is 0 Å². The molecular weight excluding hydrogens is 270 g/mol. The molecule has 3 unspecified atom stereocenters. The van der Waals surface area contributed by atoms with Crippen molar-refractivity contribution in [1.29, 1.82) is 5.26 Å². The Kier molecular flexibility index (Phi) is 2.98. The number of hydrogen-bond acceptors (Lipinski definition) is 2. The van der Waals surface area contributed by atoms with Crippen LogP contribution in [0.1, 0.15) is 62.1 Å². The van der Waals surface area contributed by atoms with Gasteiger partial charge in [0.1, 0.15) is 5.78 Å². The standard InChI is InChI=1S/C20H23NO/c1-12-10-20(2)17(7-8-18(20)22)16-6-4-14-9-13(11-21)3-5-15(14)19(12)16/h3,5,9,12,16-17,19H,4,6-8,10H2,1-2H3/t12-,16?,17?,19?,20-/m0/s1. The van der Waals surface area contributed by atoms with Crippen LogP contribution in [0.5, 0.6) is 0 Å². The van der Waals surface area contributed by atoms with Crippen LogP contribution in [-0.4, -0.2) is 5.78 Å². The monoisotopic (exact) mass is 293 g/mol. The van der Waals surface area contributed by atoms with Gasteiger partial charge in [-0.1, -0.05) is 19.9 Å². The second-order valence-electron chi connectivity index (χ2n) is 7.92. The lowest BCUT2D eigenvalue weighted by Gasteiger charge is -2.51. The molecule has 22 heavy (non-hydrogen) atoms. The second-order valence-corrected chi connectivity index (χ2v) is 7.92. The first-order valence-electron chi connectivity index (χ1n) is 8.61. The molecule has 2 heteroatoms. The van der Waals surface area contributed by atoms with Crippen LogP contribution in [0.2, 0.25) is 0 Å². The molecule has 5 atom stereocenters. The summed E-state index contributed by atoms with van der Waals surface area (Å²) in [6, 6.07) is 8.52. The number of nitriles is 1. The Bertz CT molecular complexity index is 685. The maximum atomic E-state index is 12.4. The topological polar surface area (TPSA) is 40.9 Å². The predicted molar refractivity (Wildman–Crippen MR) is 85.3 cm³/mol. The normalized spacial score (nSPS) is 39.6. The summed E-state index contributed by atoms with van der Waals surface area (Å²) in [5.41, 5.74) is 3.55. The summed E-state index contributed by atoms with van der Waals surface area (Å²) in [4.78, 5) is 12.4. The summed E-state index contributed by atoms with van der Waals surface area (Å²) in [5.74, 6) is 2.87. The first kappa shape index (κ1) is 14.0. The Morgan fingerprint density at radius 2 is 2.09 bits per heavy atom. The van der Waals surface area contributed by atoms with E-state index in [1.54, 1.807) is 0 Å². The van der Waals surface area contributed by atoms with Crippen molar-refractivity contribution in [2.45, 2.75) is 51.9 Å². The highest BCUT2D eigenvalue weighted by Crippen LogP contribution is 2.61. The van der Waals surface area contributed by atoms with Gasteiger partial charge in [0.15, 0.2) is 0 Å². The molecule has 0 aliphatic heterocycles. The van der Waals surface area contributed by atoms with Crippen molar-refractivity contribution in [3.05, 3.63) is 34.9 Å². The molecule has 0 bridgehead atoms. The van der Waals surface area contributed by atoms with Gasteiger partial charge >= 0.3 is 0 Å². The lowest BCUT2D eigenvalue weighted by molar-refractivity contribution is -0.130. The highest BCUT2D eigenvalue weighted by molar-refractivity contribution is 5.87. The molecule has 114 valence electrons. The Labute approximate surface area is 132 Å². The Morgan fingerprint density at radius 3 is 2.86 bits per heavy atom. The number of hydrogen-bond donors (Lipinski definition) is 0. The van der Waals surface area contributed by atoms with Gasteiger partial charge in [0, 0.05) is 11.8 Å². The number of Topliss-reactive ketones (excluding diaryl/α,β-unsaturated/α-hetero) is 1. The van der Waals surface area contributed by atoms with Gasteiger partial charge in [-0.05, 0) is 72.6 Å². The third kappa shape index (κ3) is 1.75. The van der Waals surface area contributed by atoms with Crippen LogP contribution in [0.15, 0.2) is 18.2 Å². The Hall–Kier alpha value is -1.62. The van der Waals surface area contributed by atoms with Crippen molar-refractivity contribution >= 4 is 5.78 Å². The fraction of sp³-hybridized carbons (Fsp3) is 0.600. The van der Waals surface area contributed by atoms with Crippen molar-refractivity contribution in [3.63, 3.8) is 0 Å². The van der Waals surface area contributed by atoms with E-state index in [1.807, 2.05) is 6.07 Å². The van der Waals surface area contributed by atoms with Gasteiger partial charge in [-0.2, -0.15) is 5.26 Å². The van der Waals surface area contributed by atoms with Crippen molar-refractivity contribution in [3.8, 4) is 6.07 Å². The maximum absolute atomic E-state index is 12.4. The molecule has 3 aliphatic rings. The lowest BCUT2D eigenvalue weighted by Crippen LogP contribution is -2.46. The van der Waals surface area contributed by atoms with Crippen LogP contribution >= 0.6 is 0 Å². The van der Waals surface area contributed by atoms with Crippen molar-refractivity contribution in [2.24, 2.45) is 23.2 Å². The average molecular weight is 293 g/mol. The third-order valence-electron chi connectivity index (χ3n) is 6.85. The fourth-order valence-corrected chi connectivity index (χ4v) is 5.97. The molecule has 0 N–H and O–H groups in total. The van der Waals surface area contributed by atoms with Crippen molar-refractivity contribution in [1.82, 2.24) is 0 Å². The van der Waals surface area contributed by atoms with Gasteiger partial charge in [-0.15, -0.1) is 0 Å². The minimum Gasteiger partial charge on any atom is -0.299 e. The van der Waals surface area contributed by atoms with E-state index in [2.05, 4.69) is 32.0 Å². The molecule has 2 nitrogen and oxygen atoms in total. The number of ketones is 1. The zero-order chi connectivity index (χ0) is 15.5. The zero-order valence-corrected chi connectivity index (χ0v) is 13.4. The van der Waals surface area contributed by atoms with Crippen LogP contribution in [-0.2, 0) is 11.2 Å². The number of fused-ring (bicyclic) bond motifs is 5. The molecule has 2 fully saturated rings. The van der Waals surface area contributed by atoms with E-state index in [1.165, 1.54) is 17.5 Å². The molecular formula is C20H23NO. The largest absolute Gasteiger partial charge is 0.299 e. The number of aryl methyl sites for hydroxylation is 1. The van der Waals surface area contributed by atoms with E-state index < -0.39 is 0 Å². The summed E-state index contributed by atoms with van der Waals surface area (Å²) in [5, 5.41) is 9.12. The lowest BCUT2D eigenvalue weighted by atomic mass is 9.52. The van der Waals surface area contributed by atoms with Crippen LogP contribution in [0.25, 0.3) is 0 Å². The maximum Gasteiger partial charge on any atom is 0.139 e. The number of carbonyl (C=O) groups is 1. The van der Waals surface area contributed by atoms with Crippen LogP contribution in [0.4, 0.5) is 0 Å². The quantitative estimate of drug-likeness (QED) is 0.718. The molecule has 4 rings (SSSR count). The highest BCUT2D eigenvalue weighted by Gasteiger charge is 2.56. The molecule has 0 heterocycles. The molecule has 3 aliphatic carbocycles. The first-order valence-corrected chi connectivity index (χ1v) is 8.61. The molecule has 1 aromatic carbocycles. The van der Waals surface area contributed by atoms with Gasteiger partial charge in [-0.3, -0.25) is 4.79 Å². The summed E-state index contributed by atoms with van der Waals surface area (Å²) in [6.45, 7) is 4.56. The molecule has 0 radical (unpaired) electrons. The summed E-state index contributed by atoms with van der Waals surface area (Å²) >= 11 is 0. The number of nitrogens with zero attached hydrogens (tertiary/aromatic N) is 1. The molecule has 2 saturated carbocycles. The minimum atomic E-state index is -0.0648. The van der Waals surface area contributed by atoms with Crippen molar-refractivity contribution in [2.75, 3.05) is 0 Å². The van der Waals surface area contributed by atoms with Crippen LogP contribution in [0, 0.1) is 34.5 Å². The summed E-state index contributed by atoms with van der Waals surface area (Å²) in [7, 11) is 0. The number of carbonyl (C=O) groups excluding carboxylic acids is 1. The van der Waals surface area contributed by atoms with Gasteiger partial charge in [0.25, 0.3) is 0 Å². The minimum absolute atomic E-state index is 0.0648. The van der Waals surface area contributed by atoms with E-state index in [4.69, 9.17) is 5.26 Å². The summed E-state index contributed by atoms with van der Waals surface area (Å²) in [6.07, 6.45) is 5.17. The molecule has 0 spiro atoms. The Balaban J connectivity index is 1.77. The molecule has 0 amide bonds. The Morgan fingerprint density at radius 1 is 1.27 bits per heavy atom. The van der Waals surface area contributed by atoms with E-state index in [0.717, 1.165) is 31.2 Å². The van der Waals surface area contributed by atoms with Gasteiger partial charge in [0.2, 0.25) is 0 Å². The smallest absolute Gasteiger partial charge is 0.139 e. The number of rotatable bonds is 0. The molecule has 0 aromatic heterocycles. The van der Waals surface area contributed by atoms with Gasteiger partial charge < -0.3 is 0 Å². The van der Waals surface area contributed by atoms with Crippen molar-refractivity contribution < 1.29 is 4.79 Å². The van der Waals surface area contributed by atoms with E-state index in [9.17, 15) is 4.79 Å². The van der Waals surface area contributed by atoms with Gasteiger partial charge in [0.05, 0.1) is 11.6 Å². The van der Waals surface area contributed by atoms with E-state index in [0.29, 0.717) is 29.5 Å². The van der Waals surface area contributed by atoms with Crippen LogP contribution in [0.3, 0.4) is 0 Å².